The zero-order valence-corrected chi connectivity index (χ0v) is 8.45. The molecule has 4 atom stereocenters. The van der Waals surface area contributed by atoms with Crippen molar-refractivity contribution in [2.45, 2.75) is 51.7 Å². The van der Waals surface area contributed by atoms with Crippen LogP contribution < -0.4 is 0 Å². The van der Waals surface area contributed by atoms with E-state index in [4.69, 9.17) is 4.74 Å². The highest BCUT2D eigenvalue weighted by atomic mass is 16.5. The lowest BCUT2D eigenvalue weighted by molar-refractivity contribution is -0.122. The van der Waals surface area contributed by atoms with Crippen molar-refractivity contribution in [3.8, 4) is 0 Å². The van der Waals surface area contributed by atoms with Crippen molar-refractivity contribution < 1.29 is 9.53 Å². The van der Waals surface area contributed by atoms with E-state index in [1.807, 2.05) is 0 Å². The molecule has 0 spiro atoms. The average molecular weight is 182 g/mol. The van der Waals surface area contributed by atoms with Gasteiger partial charge in [-0.1, -0.05) is 20.3 Å². The quantitative estimate of drug-likeness (QED) is 0.625. The van der Waals surface area contributed by atoms with Gasteiger partial charge in [0.25, 0.3) is 0 Å². The highest BCUT2D eigenvalue weighted by Crippen LogP contribution is 2.51. The second-order valence-electron chi connectivity index (χ2n) is 4.57. The number of carbonyl (C=O) groups excluding carboxylic acids is 1. The summed E-state index contributed by atoms with van der Waals surface area (Å²) in [4.78, 5) is 11.2. The Kier molecular flexibility index (Phi) is 2.18. The smallest absolute Gasteiger partial charge is 0.129 e. The first kappa shape index (κ1) is 9.20. The Morgan fingerprint density at radius 1 is 1.62 bits per heavy atom. The van der Waals surface area contributed by atoms with Gasteiger partial charge in [0.1, 0.15) is 6.29 Å². The highest BCUT2D eigenvalue weighted by molar-refractivity contribution is 5.62. The molecule has 2 fully saturated rings. The van der Waals surface area contributed by atoms with Crippen molar-refractivity contribution in [3.63, 3.8) is 0 Å². The molecule has 2 saturated heterocycles. The van der Waals surface area contributed by atoms with Gasteiger partial charge < -0.3 is 9.53 Å². The van der Waals surface area contributed by atoms with E-state index in [2.05, 4.69) is 13.8 Å². The maximum atomic E-state index is 11.2. The van der Waals surface area contributed by atoms with Gasteiger partial charge in [-0.15, -0.1) is 0 Å². The monoisotopic (exact) mass is 182 g/mol. The van der Waals surface area contributed by atoms with Gasteiger partial charge in [-0.05, 0) is 25.2 Å². The van der Waals surface area contributed by atoms with Crippen LogP contribution in [0.25, 0.3) is 0 Å². The molecule has 2 heteroatoms. The van der Waals surface area contributed by atoms with Crippen molar-refractivity contribution in [1.82, 2.24) is 0 Å². The fraction of sp³-hybridized carbons (Fsp3) is 0.909. The third kappa shape index (κ3) is 1.15. The number of ether oxygens (including phenoxy) is 1. The molecule has 2 heterocycles. The van der Waals surface area contributed by atoms with Gasteiger partial charge in [0.2, 0.25) is 0 Å². The number of aldehydes is 1. The summed E-state index contributed by atoms with van der Waals surface area (Å²) in [5, 5.41) is 0. The molecule has 0 N–H and O–H groups in total. The highest BCUT2D eigenvalue weighted by Gasteiger charge is 2.54. The molecule has 0 saturated carbocycles. The molecule has 13 heavy (non-hydrogen) atoms. The minimum Gasteiger partial charge on any atom is -0.374 e. The predicted octanol–water partition coefficient (Wildman–Crippen LogP) is 2.17. The van der Waals surface area contributed by atoms with Gasteiger partial charge >= 0.3 is 0 Å². The lowest BCUT2D eigenvalue weighted by atomic mass is 9.66. The topological polar surface area (TPSA) is 26.3 Å². The van der Waals surface area contributed by atoms with Gasteiger partial charge in [-0.3, -0.25) is 0 Å². The fourth-order valence-corrected chi connectivity index (χ4v) is 2.92. The van der Waals surface area contributed by atoms with Gasteiger partial charge in [0.05, 0.1) is 17.6 Å². The Labute approximate surface area is 79.7 Å². The van der Waals surface area contributed by atoms with Crippen LogP contribution in [-0.2, 0) is 9.53 Å². The molecule has 0 aromatic heterocycles. The van der Waals surface area contributed by atoms with E-state index >= 15 is 0 Å². The second kappa shape index (κ2) is 3.09. The van der Waals surface area contributed by atoms with Gasteiger partial charge in [0, 0.05) is 0 Å². The van der Waals surface area contributed by atoms with Crippen LogP contribution in [0.5, 0.6) is 0 Å². The van der Waals surface area contributed by atoms with Crippen molar-refractivity contribution in [3.05, 3.63) is 0 Å². The third-order valence-corrected chi connectivity index (χ3v) is 4.04. The Morgan fingerprint density at radius 3 is 2.77 bits per heavy atom. The maximum absolute atomic E-state index is 11.2. The summed E-state index contributed by atoms with van der Waals surface area (Å²) in [7, 11) is 0. The van der Waals surface area contributed by atoms with Gasteiger partial charge in [-0.25, -0.2) is 0 Å². The Hall–Kier alpha value is -0.370. The Morgan fingerprint density at radius 2 is 2.38 bits per heavy atom. The summed E-state index contributed by atoms with van der Waals surface area (Å²) in [5.41, 5.74) is -0.141. The molecule has 2 aliphatic heterocycles. The molecule has 2 aliphatic rings. The first-order chi connectivity index (χ1) is 6.23. The average Bonchev–Trinajstić information content (AvgIpc) is 2.75. The molecule has 74 valence electrons. The first-order valence-corrected chi connectivity index (χ1v) is 5.34. The minimum absolute atomic E-state index is 0.141. The first-order valence-electron chi connectivity index (χ1n) is 5.34. The zero-order valence-electron chi connectivity index (χ0n) is 8.45. The summed E-state index contributed by atoms with van der Waals surface area (Å²) >= 11 is 0. The van der Waals surface area contributed by atoms with Crippen LogP contribution in [0.2, 0.25) is 0 Å². The molecule has 2 bridgehead atoms. The van der Waals surface area contributed by atoms with E-state index in [9.17, 15) is 4.79 Å². The maximum Gasteiger partial charge on any atom is 0.129 e. The van der Waals surface area contributed by atoms with Crippen molar-refractivity contribution in [2.24, 2.45) is 11.3 Å². The van der Waals surface area contributed by atoms with Crippen LogP contribution in [0.3, 0.4) is 0 Å². The molecule has 0 aromatic rings. The summed E-state index contributed by atoms with van der Waals surface area (Å²) in [5.74, 6) is 0.472. The minimum atomic E-state index is -0.141. The fourth-order valence-electron chi connectivity index (χ4n) is 2.92. The lowest BCUT2D eigenvalue weighted by Gasteiger charge is -2.35. The van der Waals surface area contributed by atoms with Crippen molar-refractivity contribution >= 4 is 6.29 Å². The van der Waals surface area contributed by atoms with Crippen LogP contribution in [0, 0.1) is 11.3 Å². The van der Waals surface area contributed by atoms with E-state index < -0.39 is 0 Å². The van der Waals surface area contributed by atoms with E-state index in [0.29, 0.717) is 12.0 Å². The van der Waals surface area contributed by atoms with E-state index in [1.54, 1.807) is 0 Å². The van der Waals surface area contributed by atoms with E-state index in [0.717, 1.165) is 25.7 Å². The Balaban J connectivity index is 2.21. The predicted molar refractivity (Wildman–Crippen MR) is 50.5 cm³/mol. The summed E-state index contributed by atoms with van der Waals surface area (Å²) in [6, 6.07) is 0. The summed E-state index contributed by atoms with van der Waals surface area (Å²) in [6.07, 6.45) is 6.07. The molecular weight excluding hydrogens is 164 g/mol. The summed E-state index contributed by atoms with van der Waals surface area (Å²) in [6.45, 7) is 4.33. The standard InChI is InChI=1S/C11H18O2/c1-3-8(2)11(7-12)6-9-4-5-10(11)13-9/h7-10H,3-6H2,1-2H3. The largest absolute Gasteiger partial charge is 0.374 e. The third-order valence-electron chi connectivity index (χ3n) is 4.04. The van der Waals surface area contributed by atoms with Crippen molar-refractivity contribution in [1.29, 1.82) is 0 Å². The number of fused-ring (bicyclic) bond motifs is 2. The van der Waals surface area contributed by atoms with Gasteiger partial charge in [-0.2, -0.15) is 0 Å². The molecule has 2 rings (SSSR count). The van der Waals surface area contributed by atoms with Crippen LogP contribution >= 0.6 is 0 Å². The number of carbonyl (C=O) groups is 1. The molecular formula is C11H18O2. The normalized spacial score (nSPS) is 45.1. The van der Waals surface area contributed by atoms with Crippen LogP contribution in [0.15, 0.2) is 0 Å². The Bertz CT molecular complexity index is 214. The molecule has 0 aromatic carbocycles. The lowest BCUT2D eigenvalue weighted by Crippen LogP contribution is -2.39. The second-order valence-corrected chi connectivity index (χ2v) is 4.57. The van der Waals surface area contributed by atoms with Crippen LogP contribution in [0.1, 0.15) is 39.5 Å². The van der Waals surface area contributed by atoms with Crippen molar-refractivity contribution in [2.75, 3.05) is 0 Å². The summed E-state index contributed by atoms with van der Waals surface area (Å²) < 4.78 is 5.77. The number of hydrogen-bond donors (Lipinski definition) is 0. The molecule has 0 aliphatic carbocycles. The molecule has 4 unspecified atom stereocenters. The molecule has 0 amide bonds. The van der Waals surface area contributed by atoms with E-state index in [-0.39, 0.29) is 11.5 Å². The van der Waals surface area contributed by atoms with Crippen LogP contribution in [-0.4, -0.2) is 18.5 Å². The zero-order chi connectivity index (χ0) is 9.47. The number of rotatable bonds is 3. The molecule has 0 radical (unpaired) electrons. The molecule has 2 nitrogen and oxygen atoms in total. The number of hydrogen-bond acceptors (Lipinski definition) is 2. The SMILES string of the molecule is CCC(C)C1(C=O)CC2CCC1O2. The van der Waals surface area contributed by atoms with Gasteiger partial charge in [0.15, 0.2) is 0 Å². The van der Waals surface area contributed by atoms with Crippen LogP contribution in [0.4, 0.5) is 0 Å². The van der Waals surface area contributed by atoms with E-state index in [1.165, 1.54) is 6.29 Å².